The Morgan fingerprint density at radius 3 is 1.48 bits per heavy atom. The average Bonchev–Trinajstić information content (AvgIpc) is 4.03. The van der Waals surface area contributed by atoms with E-state index in [1.165, 1.54) is 128 Å². The fraction of sp³-hybridized carbons (Fsp3) is 0.0645. The zero-order valence-electron chi connectivity index (χ0n) is 34.4. The van der Waals surface area contributed by atoms with Gasteiger partial charge in [-0.25, -0.2) is 0 Å². The fourth-order valence-electron chi connectivity index (χ4n) is 11.2. The van der Waals surface area contributed by atoms with Crippen molar-refractivity contribution in [3.05, 3.63) is 262 Å². The summed E-state index contributed by atoms with van der Waals surface area (Å²) in [6.45, 7) is 0. The predicted molar refractivity (Wildman–Crippen MR) is 259 cm³/mol. The molecule has 0 saturated heterocycles. The van der Waals surface area contributed by atoms with E-state index < -0.39 is 0 Å². The maximum absolute atomic E-state index is 2.52. The number of fused-ring (bicyclic) bond motifs is 10. The van der Waals surface area contributed by atoms with Crippen molar-refractivity contribution in [1.82, 2.24) is 0 Å². The molecule has 3 aliphatic rings. The molecule has 0 amide bonds. The van der Waals surface area contributed by atoms with Gasteiger partial charge in [-0.2, -0.15) is 0 Å². The van der Waals surface area contributed by atoms with Crippen LogP contribution in [0.3, 0.4) is 0 Å². The first-order chi connectivity index (χ1) is 30.7. The van der Waals surface area contributed by atoms with Crippen LogP contribution < -0.4 is 0 Å². The second-order valence-electron chi connectivity index (χ2n) is 17.5. The Kier molecular flexibility index (Phi) is 7.97. The Hall–Kier alpha value is -7.54. The summed E-state index contributed by atoms with van der Waals surface area (Å²) in [6, 6.07) is 80.0. The first-order valence-electron chi connectivity index (χ1n) is 22.1. The average molecular weight is 787 g/mol. The van der Waals surface area contributed by atoms with Gasteiger partial charge in [0.25, 0.3) is 0 Å². The van der Waals surface area contributed by atoms with Gasteiger partial charge >= 0.3 is 0 Å². The quantitative estimate of drug-likeness (QED) is 0.147. The van der Waals surface area contributed by atoms with Gasteiger partial charge in [0.15, 0.2) is 0 Å². The molecule has 0 heterocycles. The standard InChI is InChI=1S/C62H42/c1-2-12-39(13-3-1)40-24-28-42(29-25-40)61(43-30-26-41(27-31-43)49-20-10-21-53-50-17-7-4-14-44(50)34-57(49)53)48-33-32-47-37-60-59(56(47)38-48)36-46-16-6-9-19-52(46)62(60)55-23-11-22-54-51-18-8-5-15-45(51)35-58(54)55/h1-33,36,38,61H,34-35,37H2. The van der Waals surface area contributed by atoms with Crippen LogP contribution in [0.4, 0.5) is 0 Å². The summed E-state index contributed by atoms with van der Waals surface area (Å²) in [6.07, 6.45) is 2.88. The Labute approximate surface area is 363 Å². The largest absolute Gasteiger partial charge is 0.0622 e. The molecule has 0 bridgehead atoms. The molecular weight excluding hydrogens is 745 g/mol. The van der Waals surface area contributed by atoms with E-state index in [1.807, 2.05) is 0 Å². The third kappa shape index (κ3) is 5.53. The molecule has 3 aliphatic carbocycles. The van der Waals surface area contributed by atoms with Gasteiger partial charge in [-0.05, 0) is 159 Å². The summed E-state index contributed by atoms with van der Waals surface area (Å²) < 4.78 is 0. The van der Waals surface area contributed by atoms with Crippen LogP contribution >= 0.6 is 0 Å². The molecule has 0 fully saturated rings. The minimum absolute atomic E-state index is 0.0600. The molecule has 62 heavy (non-hydrogen) atoms. The second-order valence-corrected chi connectivity index (χ2v) is 17.5. The first kappa shape index (κ1) is 35.2. The summed E-state index contributed by atoms with van der Waals surface area (Å²) >= 11 is 0. The lowest BCUT2D eigenvalue weighted by Gasteiger charge is -2.21. The molecule has 290 valence electrons. The van der Waals surface area contributed by atoms with E-state index >= 15 is 0 Å². The maximum atomic E-state index is 2.52. The molecule has 0 nitrogen and oxygen atoms in total. The van der Waals surface area contributed by atoms with Crippen LogP contribution in [0.2, 0.25) is 0 Å². The Balaban J connectivity index is 0.941. The van der Waals surface area contributed by atoms with E-state index in [0.717, 1.165) is 19.3 Å². The first-order valence-corrected chi connectivity index (χ1v) is 22.1. The zero-order valence-corrected chi connectivity index (χ0v) is 34.4. The molecule has 10 aromatic rings. The van der Waals surface area contributed by atoms with E-state index in [2.05, 4.69) is 212 Å². The Morgan fingerprint density at radius 1 is 0.274 bits per heavy atom. The highest BCUT2D eigenvalue weighted by Crippen LogP contribution is 2.50. The van der Waals surface area contributed by atoms with Crippen molar-refractivity contribution in [2.75, 3.05) is 0 Å². The van der Waals surface area contributed by atoms with Crippen molar-refractivity contribution in [2.24, 2.45) is 0 Å². The van der Waals surface area contributed by atoms with Crippen LogP contribution in [0.15, 0.2) is 212 Å². The highest BCUT2D eigenvalue weighted by molar-refractivity contribution is 6.06. The van der Waals surface area contributed by atoms with Gasteiger partial charge in [-0.3, -0.25) is 0 Å². The normalized spacial score (nSPS) is 13.2. The van der Waals surface area contributed by atoms with Crippen LogP contribution in [0, 0.1) is 0 Å². The summed E-state index contributed by atoms with van der Waals surface area (Å²) in [5, 5.41) is 2.64. The lowest BCUT2D eigenvalue weighted by molar-refractivity contribution is 0.977. The van der Waals surface area contributed by atoms with E-state index in [0.29, 0.717) is 0 Å². The highest BCUT2D eigenvalue weighted by Gasteiger charge is 2.30. The van der Waals surface area contributed by atoms with Gasteiger partial charge in [-0.15, -0.1) is 0 Å². The molecule has 10 aromatic carbocycles. The summed E-state index contributed by atoms with van der Waals surface area (Å²) in [5.41, 5.74) is 28.6. The summed E-state index contributed by atoms with van der Waals surface area (Å²) in [4.78, 5) is 0. The smallest absolute Gasteiger partial charge is 0.0340 e. The van der Waals surface area contributed by atoms with Crippen molar-refractivity contribution in [3.8, 4) is 66.8 Å². The van der Waals surface area contributed by atoms with E-state index in [1.54, 1.807) is 0 Å². The minimum atomic E-state index is 0.0600. The molecule has 0 saturated carbocycles. The molecule has 0 N–H and O–H groups in total. The Morgan fingerprint density at radius 2 is 0.774 bits per heavy atom. The summed E-state index contributed by atoms with van der Waals surface area (Å²) in [5.74, 6) is 0.0600. The van der Waals surface area contributed by atoms with Crippen LogP contribution in [0.5, 0.6) is 0 Å². The molecule has 0 heteroatoms. The molecule has 13 rings (SSSR count). The monoisotopic (exact) mass is 786 g/mol. The molecule has 0 spiro atoms. The van der Waals surface area contributed by atoms with Gasteiger partial charge < -0.3 is 0 Å². The molecule has 1 unspecified atom stereocenters. The zero-order chi connectivity index (χ0) is 40.7. The number of benzene rings is 10. The number of rotatable bonds is 6. The highest BCUT2D eigenvalue weighted by atomic mass is 14.3. The molecule has 1 atom stereocenters. The van der Waals surface area contributed by atoms with Crippen LogP contribution in [-0.2, 0) is 19.3 Å². The third-order valence-electron chi connectivity index (χ3n) is 14.2. The van der Waals surface area contributed by atoms with Gasteiger partial charge in [0.05, 0.1) is 0 Å². The van der Waals surface area contributed by atoms with E-state index in [4.69, 9.17) is 0 Å². The van der Waals surface area contributed by atoms with Gasteiger partial charge in [-0.1, -0.05) is 200 Å². The third-order valence-corrected chi connectivity index (χ3v) is 14.2. The lowest BCUT2D eigenvalue weighted by Crippen LogP contribution is -2.04. The predicted octanol–water partition coefficient (Wildman–Crippen LogP) is 15.7. The molecular formula is C62H42. The van der Waals surface area contributed by atoms with Crippen molar-refractivity contribution in [3.63, 3.8) is 0 Å². The van der Waals surface area contributed by atoms with Crippen molar-refractivity contribution < 1.29 is 0 Å². The van der Waals surface area contributed by atoms with Crippen molar-refractivity contribution in [1.29, 1.82) is 0 Å². The van der Waals surface area contributed by atoms with E-state index in [9.17, 15) is 0 Å². The molecule has 0 aromatic heterocycles. The maximum Gasteiger partial charge on any atom is 0.0340 e. The molecule has 0 radical (unpaired) electrons. The minimum Gasteiger partial charge on any atom is -0.0622 e. The molecule has 0 aliphatic heterocycles. The second kappa shape index (κ2) is 14.0. The van der Waals surface area contributed by atoms with Gasteiger partial charge in [0.2, 0.25) is 0 Å². The summed E-state index contributed by atoms with van der Waals surface area (Å²) in [7, 11) is 0. The van der Waals surface area contributed by atoms with Crippen molar-refractivity contribution >= 4 is 10.8 Å². The number of hydrogen-bond acceptors (Lipinski definition) is 0. The van der Waals surface area contributed by atoms with Gasteiger partial charge in [0, 0.05) is 5.92 Å². The van der Waals surface area contributed by atoms with Crippen LogP contribution in [-0.4, -0.2) is 0 Å². The number of hydrogen-bond donors (Lipinski definition) is 0. The van der Waals surface area contributed by atoms with E-state index in [-0.39, 0.29) is 5.92 Å². The van der Waals surface area contributed by atoms with Crippen LogP contribution in [0.25, 0.3) is 77.5 Å². The Bertz CT molecular complexity index is 3400. The topological polar surface area (TPSA) is 0 Å². The van der Waals surface area contributed by atoms with Crippen LogP contribution in [0.1, 0.15) is 56.0 Å². The fourth-order valence-corrected chi connectivity index (χ4v) is 11.2. The van der Waals surface area contributed by atoms with Gasteiger partial charge in [0.1, 0.15) is 0 Å². The van der Waals surface area contributed by atoms with Crippen molar-refractivity contribution in [2.45, 2.75) is 25.2 Å². The SMILES string of the molecule is c1ccc(-c2ccc(C(c3ccc(-c4cccc5c4Cc4ccccc4-5)cc3)c3ccc4c(c3)-c3cc5ccccc5c(-c5cccc6c5Cc5ccccc5-6)c3C4)cc2)cc1. The lowest BCUT2D eigenvalue weighted by atomic mass is 9.82.